The number of imidazole rings is 1. The summed E-state index contributed by atoms with van der Waals surface area (Å²) in [6.07, 6.45) is 10.2. The van der Waals surface area contributed by atoms with E-state index in [4.69, 9.17) is 4.74 Å². The molecule has 1 aliphatic heterocycles. The molecule has 0 aromatic carbocycles. The minimum absolute atomic E-state index is 0.283. The van der Waals surface area contributed by atoms with Gasteiger partial charge in [0.15, 0.2) is 0 Å². The molecule has 0 radical (unpaired) electrons. The van der Waals surface area contributed by atoms with Gasteiger partial charge in [0.25, 0.3) is 0 Å². The minimum atomic E-state index is 0.283. The van der Waals surface area contributed by atoms with Gasteiger partial charge in [-0.15, -0.1) is 0 Å². The lowest BCUT2D eigenvalue weighted by atomic mass is 10.0. The molecular weight excluding hydrogens is 266 g/mol. The second-order valence-corrected chi connectivity index (χ2v) is 5.78. The number of aromatic nitrogens is 4. The van der Waals surface area contributed by atoms with E-state index in [1.807, 2.05) is 44.5 Å². The van der Waals surface area contributed by atoms with Crippen molar-refractivity contribution in [2.24, 2.45) is 14.1 Å². The van der Waals surface area contributed by atoms with Crippen LogP contribution in [0.25, 0.3) is 0 Å². The minimum Gasteiger partial charge on any atom is -0.380 e. The van der Waals surface area contributed by atoms with Crippen molar-refractivity contribution in [1.29, 1.82) is 0 Å². The second-order valence-electron chi connectivity index (χ2n) is 5.78. The van der Waals surface area contributed by atoms with Gasteiger partial charge in [-0.2, -0.15) is 5.10 Å². The maximum absolute atomic E-state index is 5.69. The Morgan fingerprint density at radius 3 is 2.86 bits per heavy atom. The summed E-state index contributed by atoms with van der Waals surface area (Å²) in [5.74, 6) is 1.10. The molecule has 2 aromatic rings. The van der Waals surface area contributed by atoms with Gasteiger partial charge in [0, 0.05) is 52.4 Å². The first kappa shape index (κ1) is 14.3. The van der Waals surface area contributed by atoms with Crippen LogP contribution in [0.1, 0.15) is 17.8 Å². The van der Waals surface area contributed by atoms with E-state index in [1.165, 1.54) is 5.56 Å². The third kappa shape index (κ3) is 3.01. The molecule has 0 saturated carbocycles. The van der Waals surface area contributed by atoms with Gasteiger partial charge in [0.1, 0.15) is 5.82 Å². The van der Waals surface area contributed by atoms with Crippen molar-refractivity contribution in [3.05, 3.63) is 36.2 Å². The van der Waals surface area contributed by atoms with Crippen molar-refractivity contribution in [1.82, 2.24) is 24.2 Å². The Balaban J connectivity index is 1.74. The molecule has 2 aromatic heterocycles. The summed E-state index contributed by atoms with van der Waals surface area (Å²) in [4.78, 5) is 6.92. The summed E-state index contributed by atoms with van der Waals surface area (Å²) in [5, 5.41) is 4.27. The quantitative estimate of drug-likeness (QED) is 0.823. The van der Waals surface area contributed by atoms with Crippen LogP contribution in [0.5, 0.6) is 0 Å². The Bertz CT molecular complexity index is 590. The van der Waals surface area contributed by atoms with Crippen LogP contribution in [0.4, 0.5) is 0 Å². The Hall–Kier alpha value is -1.66. The van der Waals surface area contributed by atoms with Gasteiger partial charge in [-0.05, 0) is 18.4 Å². The molecule has 6 nitrogen and oxygen atoms in total. The largest absolute Gasteiger partial charge is 0.380 e. The van der Waals surface area contributed by atoms with Gasteiger partial charge in [0.2, 0.25) is 0 Å². The van der Waals surface area contributed by atoms with Crippen molar-refractivity contribution >= 4 is 0 Å². The Morgan fingerprint density at radius 2 is 2.24 bits per heavy atom. The molecule has 0 N–H and O–H groups in total. The van der Waals surface area contributed by atoms with Crippen LogP contribution in [0.2, 0.25) is 0 Å². The van der Waals surface area contributed by atoms with Crippen LogP contribution in [0, 0.1) is 0 Å². The van der Waals surface area contributed by atoms with E-state index >= 15 is 0 Å². The lowest BCUT2D eigenvalue weighted by Gasteiger charge is -2.27. The fraction of sp³-hybridized carbons (Fsp3) is 0.600. The first-order chi connectivity index (χ1) is 10.2. The van der Waals surface area contributed by atoms with Gasteiger partial charge >= 0.3 is 0 Å². The average Bonchev–Trinajstić information content (AvgIpc) is 3.15. The molecule has 0 aliphatic carbocycles. The summed E-state index contributed by atoms with van der Waals surface area (Å²) in [5.41, 5.74) is 1.26. The second kappa shape index (κ2) is 5.99. The van der Waals surface area contributed by atoms with Gasteiger partial charge < -0.3 is 9.30 Å². The molecule has 1 aliphatic rings. The first-order valence-electron chi connectivity index (χ1n) is 7.38. The van der Waals surface area contributed by atoms with Crippen molar-refractivity contribution < 1.29 is 4.74 Å². The normalized spacial score (nSPS) is 23.0. The zero-order chi connectivity index (χ0) is 14.8. The number of nitrogens with zero attached hydrogens (tertiary/aromatic N) is 5. The Labute approximate surface area is 125 Å². The predicted molar refractivity (Wildman–Crippen MR) is 79.7 cm³/mol. The van der Waals surface area contributed by atoms with E-state index in [9.17, 15) is 0 Å². The molecule has 6 heteroatoms. The third-order valence-corrected chi connectivity index (χ3v) is 4.37. The van der Waals surface area contributed by atoms with E-state index in [0.29, 0.717) is 6.04 Å². The molecule has 0 amide bonds. The number of hydrogen-bond acceptors (Lipinski definition) is 4. The standard InChI is InChI=1S/C15H23N5O/c1-18-7-5-16-15(18)11-20-6-4-14(21-3)13(20)8-12-9-17-19(2)10-12/h5,7,9-10,13-14H,4,6,8,11H2,1-3H3/t13-,14+/m0/s1. The van der Waals surface area contributed by atoms with Crippen molar-refractivity contribution in [2.45, 2.75) is 31.5 Å². The van der Waals surface area contributed by atoms with Crippen LogP contribution in [-0.2, 0) is 31.8 Å². The van der Waals surface area contributed by atoms with E-state index in [1.54, 1.807) is 0 Å². The van der Waals surface area contributed by atoms with Crippen LogP contribution in [-0.4, -0.2) is 50.0 Å². The van der Waals surface area contributed by atoms with E-state index in [2.05, 4.69) is 25.7 Å². The molecule has 0 unspecified atom stereocenters. The molecule has 3 rings (SSSR count). The lowest BCUT2D eigenvalue weighted by Crippen LogP contribution is -2.37. The van der Waals surface area contributed by atoms with E-state index in [-0.39, 0.29) is 6.10 Å². The monoisotopic (exact) mass is 289 g/mol. The molecule has 0 bridgehead atoms. The van der Waals surface area contributed by atoms with Crippen molar-refractivity contribution in [3.63, 3.8) is 0 Å². The highest BCUT2D eigenvalue weighted by Gasteiger charge is 2.34. The topological polar surface area (TPSA) is 48.1 Å². The van der Waals surface area contributed by atoms with Gasteiger partial charge in [-0.1, -0.05) is 0 Å². The number of likely N-dealkylation sites (tertiary alicyclic amines) is 1. The van der Waals surface area contributed by atoms with Gasteiger partial charge in [-0.25, -0.2) is 4.98 Å². The summed E-state index contributed by atoms with van der Waals surface area (Å²) in [7, 11) is 5.81. The molecule has 1 fully saturated rings. The molecule has 1 saturated heterocycles. The molecule has 114 valence electrons. The maximum Gasteiger partial charge on any atom is 0.122 e. The summed E-state index contributed by atoms with van der Waals surface area (Å²) >= 11 is 0. The first-order valence-corrected chi connectivity index (χ1v) is 7.38. The maximum atomic E-state index is 5.69. The van der Waals surface area contributed by atoms with Crippen LogP contribution >= 0.6 is 0 Å². The van der Waals surface area contributed by atoms with Crippen molar-refractivity contribution in [2.75, 3.05) is 13.7 Å². The van der Waals surface area contributed by atoms with E-state index in [0.717, 1.165) is 31.8 Å². The smallest absolute Gasteiger partial charge is 0.122 e. The average molecular weight is 289 g/mol. The fourth-order valence-corrected chi connectivity index (χ4v) is 3.17. The SMILES string of the molecule is CO[C@@H]1CCN(Cc2nccn2C)[C@H]1Cc1cnn(C)c1. The number of hydrogen-bond donors (Lipinski definition) is 0. The molecule has 3 heterocycles. The zero-order valence-corrected chi connectivity index (χ0v) is 12.9. The highest BCUT2D eigenvalue weighted by atomic mass is 16.5. The molecule has 0 spiro atoms. The molecule has 2 atom stereocenters. The van der Waals surface area contributed by atoms with Crippen LogP contribution in [0.15, 0.2) is 24.8 Å². The number of rotatable bonds is 5. The third-order valence-electron chi connectivity index (χ3n) is 4.37. The summed E-state index contributed by atoms with van der Waals surface area (Å²) in [6.45, 7) is 1.92. The van der Waals surface area contributed by atoms with Gasteiger partial charge in [-0.3, -0.25) is 9.58 Å². The number of ether oxygens (including phenoxy) is 1. The lowest BCUT2D eigenvalue weighted by molar-refractivity contribution is 0.0630. The van der Waals surface area contributed by atoms with E-state index < -0.39 is 0 Å². The highest BCUT2D eigenvalue weighted by Crippen LogP contribution is 2.25. The Morgan fingerprint density at radius 1 is 1.38 bits per heavy atom. The Kier molecular flexibility index (Phi) is 4.07. The van der Waals surface area contributed by atoms with Crippen LogP contribution in [0.3, 0.4) is 0 Å². The zero-order valence-electron chi connectivity index (χ0n) is 12.9. The summed E-state index contributed by atoms with van der Waals surface area (Å²) in [6, 6.07) is 0.385. The summed E-state index contributed by atoms with van der Waals surface area (Å²) < 4.78 is 9.63. The molecular formula is C15H23N5O. The fourth-order valence-electron chi connectivity index (χ4n) is 3.17. The van der Waals surface area contributed by atoms with Crippen molar-refractivity contribution in [3.8, 4) is 0 Å². The predicted octanol–water partition coefficient (Wildman–Crippen LogP) is 0.986. The van der Waals surface area contributed by atoms with Gasteiger partial charge in [0.05, 0.1) is 18.8 Å². The number of aryl methyl sites for hydroxylation is 2. The number of methoxy groups -OCH3 is 1. The molecule has 21 heavy (non-hydrogen) atoms. The van der Waals surface area contributed by atoms with Crippen LogP contribution < -0.4 is 0 Å². The highest BCUT2D eigenvalue weighted by molar-refractivity contribution is 5.09.